The van der Waals surface area contributed by atoms with Gasteiger partial charge in [-0.2, -0.15) is 0 Å². The molecule has 4 bridgehead atoms. The third kappa shape index (κ3) is 4.52. The van der Waals surface area contributed by atoms with Crippen molar-refractivity contribution in [3.63, 3.8) is 0 Å². The second-order valence-corrected chi connectivity index (χ2v) is 16.1. The van der Waals surface area contributed by atoms with Gasteiger partial charge in [0.1, 0.15) is 12.7 Å². The highest BCUT2D eigenvalue weighted by atomic mass is 17.3. The predicted octanol–water partition coefficient (Wildman–Crippen LogP) is 6.44. The maximum atomic E-state index is 7.02. The molecule has 2 aliphatic carbocycles. The number of rotatable bonds is 6. The number of hydrogen-bond donors (Lipinski definition) is 0. The molecule has 10 nitrogen and oxygen atoms in total. The lowest BCUT2D eigenvalue weighted by Crippen LogP contribution is -2.71. The molecule has 45 heavy (non-hydrogen) atoms. The van der Waals surface area contributed by atoms with Crippen LogP contribution >= 0.6 is 0 Å². The van der Waals surface area contributed by atoms with Gasteiger partial charge < -0.3 is 23.8 Å². The summed E-state index contributed by atoms with van der Waals surface area (Å²) in [5, 5.41) is 4.77. The highest BCUT2D eigenvalue weighted by molar-refractivity contribution is 5.89. The molecule has 0 aromatic carbocycles. The van der Waals surface area contributed by atoms with E-state index in [4.69, 9.17) is 48.5 Å². The molecule has 0 aromatic heterocycles. The van der Waals surface area contributed by atoms with Gasteiger partial charge in [0, 0.05) is 31.1 Å². The van der Waals surface area contributed by atoms with Gasteiger partial charge in [-0.15, -0.1) is 0 Å². The Morgan fingerprint density at radius 2 is 1.29 bits per heavy atom. The van der Waals surface area contributed by atoms with Crippen LogP contribution in [0.1, 0.15) is 99.3 Å². The summed E-state index contributed by atoms with van der Waals surface area (Å²) < 4.78 is 27.3. The van der Waals surface area contributed by atoms with Crippen molar-refractivity contribution >= 4 is 5.71 Å². The normalized spacial score (nSPS) is 56.9. The second kappa shape index (κ2) is 11.0. The standard InChI is InChI=1S/C35H53NO9/c1-8-17-37-36-27(29-22(5)26-12-10-20(3)24-14-16-33(7)41-31(39-29)35(24,26)45-43-33)18-28-21(4)25-11-9-19(2)23-13-15-32(6)40-30(38-28)34(23,25)44-42-32/h8,19-26,28-31H,1,9-18H2,2-7H3/b36-27-/t19-,20-,21-,22-,23+,24+,25+,26+,28-,29+,30-,31-,32+,33+,34?,35?/m1/s1. The Labute approximate surface area is 267 Å². The largest absolute Gasteiger partial charge is 0.392 e. The van der Waals surface area contributed by atoms with Crippen LogP contribution in [0, 0.1) is 47.3 Å². The summed E-state index contributed by atoms with van der Waals surface area (Å²) in [4.78, 5) is 30.7. The van der Waals surface area contributed by atoms with Gasteiger partial charge in [0.25, 0.3) is 0 Å². The number of hydrogen-bond acceptors (Lipinski definition) is 10. The Morgan fingerprint density at radius 3 is 1.87 bits per heavy atom. The third-order valence-corrected chi connectivity index (χ3v) is 13.6. The van der Waals surface area contributed by atoms with E-state index in [0.29, 0.717) is 36.7 Å². The van der Waals surface area contributed by atoms with Crippen LogP contribution in [0.2, 0.25) is 0 Å². The topological polar surface area (TPSA) is 95.4 Å². The van der Waals surface area contributed by atoms with Crippen molar-refractivity contribution in [2.24, 2.45) is 52.5 Å². The molecule has 10 fully saturated rings. The molecule has 10 aliphatic rings. The summed E-state index contributed by atoms with van der Waals surface area (Å²) in [6.45, 7) is 17.3. The quantitative estimate of drug-likeness (QED) is 0.108. The molecule has 10 heteroatoms. The molecule has 252 valence electrons. The van der Waals surface area contributed by atoms with Crippen molar-refractivity contribution in [2.75, 3.05) is 6.61 Å². The highest BCUT2D eigenvalue weighted by Gasteiger charge is 2.71. The van der Waals surface area contributed by atoms with Crippen LogP contribution in [0.3, 0.4) is 0 Å². The molecule has 8 heterocycles. The van der Waals surface area contributed by atoms with Gasteiger partial charge in [0.05, 0.1) is 11.8 Å². The van der Waals surface area contributed by atoms with E-state index in [1.54, 1.807) is 6.08 Å². The van der Waals surface area contributed by atoms with E-state index in [-0.39, 0.29) is 35.9 Å². The van der Waals surface area contributed by atoms with Gasteiger partial charge in [-0.1, -0.05) is 45.5 Å². The van der Waals surface area contributed by atoms with Gasteiger partial charge in [-0.25, -0.2) is 19.6 Å². The van der Waals surface area contributed by atoms with Crippen LogP contribution in [0.15, 0.2) is 17.8 Å². The fourth-order valence-corrected chi connectivity index (χ4v) is 11.1. The summed E-state index contributed by atoms with van der Waals surface area (Å²) in [5.74, 6) is 0.701. The van der Waals surface area contributed by atoms with E-state index < -0.39 is 35.4 Å². The first-order valence-corrected chi connectivity index (χ1v) is 17.7. The Kier molecular flexibility index (Phi) is 7.59. The van der Waals surface area contributed by atoms with Gasteiger partial charge >= 0.3 is 0 Å². The lowest BCUT2D eigenvalue weighted by Gasteiger charge is -2.61. The van der Waals surface area contributed by atoms with E-state index >= 15 is 0 Å². The zero-order valence-corrected chi connectivity index (χ0v) is 27.9. The zero-order chi connectivity index (χ0) is 31.4. The van der Waals surface area contributed by atoms with Gasteiger partial charge in [-0.3, -0.25) is 0 Å². The predicted molar refractivity (Wildman–Crippen MR) is 162 cm³/mol. The number of nitrogens with zero attached hydrogens (tertiary/aromatic N) is 1. The van der Waals surface area contributed by atoms with Crippen LogP contribution in [-0.2, 0) is 43.3 Å². The fourth-order valence-electron chi connectivity index (χ4n) is 11.1. The van der Waals surface area contributed by atoms with E-state index in [1.165, 1.54) is 0 Å². The number of fused-ring (bicyclic) bond motifs is 4. The molecule has 2 spiro atoms. The smallest absolute Gasteiger partial charge is 0.201 e. The molecule has 0 N–H and O–H groups in total. The summed E-state index contributed by atoms with van der Waals surface area (Å²) in [5.41, 5.74) is -0.402. The van der Waals surface area contributed by atoms with Crippen LogP contribution in [0.4, 0.5) is 0 Å². The lowest BCUT2D eigenvalue weighted by atomic mass is 9.56. The Morgan fingerprint density at radius 1 is 0.733 bits per heavy atom. The van der Waals surface area contributed by atoms with Crippen molar-refractivity contribution in [3.05, 3.63) is 12.7 Å². The monoisotopic (exact) mass is 631 g/mol. The molecule has 16 atom stereocenters. The fraction of sp³-hybridized carbons (Fsp3) is 0.914. The molecule has 8 saturated heterocycles. The molecule has 2 unspecified atom stereocenters. The first-order valence-electron chi connectivity index (χ1n) is 17.7. The summed E-state index contributed by atoms with van der Waals surface area (Å²) >= 11 is 0. The van der Waals surface area contributed by atoms with Gasteiger partial charge in [0.15, 0.2) is 23.8 Å². The number of ether oxygens (including phenoxy) is 4. The van der Waals surface area contributed by atoms with Crippen LogP contribution in [0.5, 0.6) is 0 Å². The number of oxime groups is 1. The molecule has 0 aromatic rings. The van der Waals surface area contributed by atoms with Crippen LogP contribution < -0.4 is 0 Å². The third-order valence-electron chi connectivity index (χ3n) is 13.6. The van der Waals surface area contributed by atoms with E-state index in [9.17, 15) is 0 Å². The molecule has 0 radical (unpaired) electrons. The van der Waals surface area contributed by atoms with Crippen molar-refractivity contribution in [3.8, 4) is 0 Å². The maximum Gasteiger partial charge on any atom is 0.201 e. The average Bonchev–Trinajstić information content (AvgIpc) is 3.38. The second-order valence-electron chi connectivity index (χ2n) is 16.1. The molecule has 0 amide bonds. The van der Waals surface area contributed by atoms with E-state index in [1.807, 2.05) is 13.8 Å². The van der Waals surface area contributed by atoms with Crippen LogP contribution in [-0.4, -0.2) is 59.9 Å². The van der Waals surface area contributed by atoms with Crippen molar-refractivity contribution in [1.82, 2.24) is 0 Å². The van der Waals surface area contributed by atoms with E-state index in [2.05, 4.69) is 34.3 Å². The van der Waals surface area contributed by atoms with Crippen molar-refractivity contribution in [1.29, 1.82) is 0 Å². The molecular formula is C35H53NO9. The highest BCUT2D eigenvalue weighted by Crippen LogP contribution is 2.63. The summed E-state index contributed by atoms with van der Waals surface area (Å²) in [6.07, 6.45) is 8.67. The van der Waals surface area contributed by atoms with Crippen molar-refractivity contribution in [2.45, 2.75) is 147 Å². The molecule has 10 rings (SSSR count). The lowest BCUT2D eigenvalue weighted by molar-refractivity contribution is -0.571. The first-order chi connectivity index (χ1) is 21.5. The minimum atomic E-state index is -0.836. The molecule has 8 aliphatic heterocycles. The first kappa shape index (κ1) is 31.2. The van der Waals surface area contributed by atoms with Gasteiger partial charge in [0.2, 0.25) is 11.6 Å². The van der Waals surface area contributed by atoms with Crippen LogP contribution in [0.25, 0.3) is 0 Å². The Bertz CT molecular complexity index is 1200. The maximum absolute atomic E-state index is 7.02. The Hall–Kier alpha value is -1.11. The minimum absolute atomic E-state index is 0.0999. The zero-order valence-electron chi connectivity index (χ0n) is 27.9. The molecule has 2 saturated carbocycles. The van der Waals surface area contributed by atoms with E-state index in [0.717, 1.165) is 57.1 Å². The average molecular weight is 632 g/mol. The summed E-state index contributed by atoms with van der Waals surface area (Å²) in [7, 11) is 0. The van der Waals surface area contributed by atoms with Gasteiger partial charge in [-0.05, 0) is 87.9 Å². The van der Waals surface area contributed by atoms with Crippen molar-refractivity contribution < 1.29 is 43.3 Å². The minimum Gasteiger partial charge on any atom is -0.392 e. The summed E-state index contributed by atoms with van der Waals surface area (Å²) in [6, 6.07) is 0. The SMILES string of the molecule is C=CCO/N=C(/C[C@H]1O[C@@H]2O[C@]3(C)CC[C@H]4[C@H](C)CC[C@@H]([C@H]1C)C24OO3)[C@H]1O[C@@H]2O[C@]3(C)CC[C@H]4[C@H](C)CC[C@@H]([C@H]1C)C24OO3. The Balaban J connectivity index is 1.11. The molecular weight excluding hydrogens is 578 g/mol.